The Balaban J connectivity index is 2.02. The van der Waals surface area contributed by atoms with Crippen LogP contribution >= 0.6 is 11.8 Å². The van der Waals surface area contributed by atoms with Gasteiger partial charge in [0.05, 0.1) is 6.04 Å². The molecule has 0 spiro atoms. The molecule has 0 aliphatic heterocycles. The number of carbonyl (C=O) groups is 2. The third-order valence-corrected chi connectivity index (χ3v) is 5.92. The van der Waals surface area contributed by atoms with E-state index in [4.69, 9.17) is 4.74 Å². The van der Waals surface area contributed by atoms with E-state index in [1.54, 1.807) is 6.26 Å². The van der Waals surface area contributed by atoms with E-state index in [0.717, 1.165) is 28.5 Å². The van der Waals surface area contributed by atoms with Gasteiger partial charge >= 0.3 is 5.97 Å². The summed E-state index contributed by atoms with van der Waals surface area (Å²) in [5.74, 6) is -0.449. The fourth-order valence-corrected chi connectivity index (χ4v) is 4.23. The number of carbonyl (C=O) groups excluding carboxylic acids is 2. The molecule has 32 heavy (non-hydrogen) atoms. The predicted octanol–water partition coefficient (Wildman–Crippen LogP) is 5.12. The largest absolute Gasteiger partial charge is 0.452 e. The number of ether oxygens (including phenoxy) is 1. The lowest BCUT2D eigenvalue weighted by Gasteiger charge is -2.36. The van der Waals surface area contributed by atoms with Crippen molar-refractivity contribution in [2.75, 3.05) is 6.26 Å². The Bertz CT molecular complexity index is 938. The van der Waals surface area contributed by atoms with E-state index in [0.29, 0.717) is 19.5 Å². The first kappa shape index (κ1) is 23.8. The SMILES string of the molecule is CSC(=O)C(OC(C)=O)[C@H](Cc1ccccc1)N(Cc1ccccc1)Cc1ccccc1. The molecular formula is C27H29NO3S. The summed E-state index contributed by atoms with van der Waals surface area (Å²) in [6.45, 7) is 2.62. The molecule has 0 saturated carbocycles. The van der Waals surface area contributed by atoms with Gasteiger partial charge in [-0.15, -0.1) is 0 Å². The van der Waals surface area contributed by atoms with E-state index in [1.165, 1.54) is 6.92 Å². The first-order valence-corrected chi connectivity index (χ1v) is 11.9. The number of hydrogen-bond donors (Lipinski definition) is 0. The van der Waals surface area contributed by atoms with Crippen LogP contribution in [0.1, 0.15) is 23.6 Å². The maximum Gasteiger partial charge on any atom is 0.303 e. The molecule has 0 fully saturated rings. The van der Waals surface area contributed by atoms with Gasteiger partial charge in [-0.1, -0.05) is 103 Å². The van der Waals surface area contributed by atoms with E-state index in [-0.39, 0.29) is 11.2 Å². The third kappa shape index (κ3) is 7.08. The molecular weight excluding hydrogens is 418 g/mol. The fraction of sp³-hybridized carbons (Fsp3) is 0.259. The zero-order valence-electron chi connectivity index (χ0n) is 18.5. The molecule has 2 atom stereocenters. The van der Waals surface area contributed by atoms with Gasteiger partial charge < -0.3 is 4.74 Å². The van der Waals surface area contributed by atoms with Crippen LogP contribution < -0.4 is 0 Å². The first-order chi connectivity index (χ1) is 15.6. The van der Waals surface area contributed by atoms with Gasteiger partial charge in [0.2, 0.25) is 5.12 Å². The molecule has 3 rings (SSSR count). The van der Waals surface area contributed by atoms with Gasteiger partial charge in [-0.25, -0.2) is 0 Å². The lowest BCUT2D eigenvalue weighted by molar-refractivity contribution is -0.154. The summed E-state index contributed by atoms with van der Waals surface area (Å²) in [7, 11) is 0. The van der Waals surface area contributed by atoms with Crippen molar-refractivity contribution >= 4 is 22.8 Å². The maximum atomic E-state index is 12.9. The van der Waals surface area contributed by atoms with Crippen LogP contribution in [0, 0.1) is 0 Å². The highest BCUT2D eigenvalue weighted by Gasteiger charge is 2.35. The second-order valence-corrected chi connectivity index (χ2v) is 8.50. The Kier molecular flexibility index (Phi) is 9.08. The molecule has 166 valence electrons. The van der Waals surface area contributed by atoms with Crippen LogP contribution in [-0.4, -0.2) is 34.4 Å². The molecule has 0 amide bonds. The van der Waals surface area contributed by atoms with Crippen molar-refractivity contribution in [2.24, 2.45) is 0 Å². The molecule has 0 bridgehead atoms. The van der Waals surface area contributed by atoms with Crippen molar-refractivity contribution in [1.29, 1.82) is 0 Å². The molecule has 3 aromatic rings. The molecule has 0 N–H and O–H groups in total. The smallest absolute Gasteiger partial charge is 0.303 e. The summed E-state index contributed by atoms with van der Waals surface area (Å²) in [4.78, 5) is 27.2. The number of benzene rings is 3. The molecule has 4 nitrogen and oxygen atoms in total. The molecule has 0 saturated heterocycles. The van der Waals surface area contributed by atoms with Crippen LogP contribution in [0.5, 0.6) is 0 Å². The number of hydrogen-bond acceptors (Lipinski definition) is 5. The Morgan fingerprint density at radius 2 is 1.22 bits per heavy atom. The lowest BCUT2D eigenvalue weighted by Crippen LogP contribution is -2.49. The van der Waals surface area contributed by atoms with Gasteiger partial charge in [-0.2, -0.15) is 0 Å². The van der Waals surface area contributed by atoms with Crippen LogP contribution in [0.2, 0.25) is 0 Å². The van der Waals surface area contributed by atoms with Crippen LogP contribution in [0.25, 0.3) is 0 Å². The fourth-order valence-electron chi connectivity index (χ4n) is 3.79. The molecule has 0 heterocycles. The van der Waals surface area contributed by atoms with Crippen molar-refractivity contribution < 1.29 is 14.3 Å². The summed E-state index contributed by atoms with van der Waals surface area (Å²) in [6.07, 6.45) is 1.46. The van der Waals surface area contributed by atoms with Crippen LogP contribution in [0.3, 0.4) is 0 Å². The second kappa shape index (κ2) is 12.2. The Morgan fingerprint density at radius 3 is 1.62 bits per heavy atom. The van der Waals surface area contributed by atoms with Crippen molar-refractivity contribution in [3.05, 3.63) is 108 Å². The molecule has 0 radical (unpaired) electrons. The van der Waals surface area contributed by atoms with Gasteiger partial charge in [0.25, 0.3) is 0 Å². The summed E-state index contributed by atoms with van der Waals surface area (Å²) in [6, 6.07) is 30.1. The summed E-state index contributed by atoms with van der Waals surface area (Å²) in [5.41, 5.74) is 3.37. The maximum absolute atomic E-state index is 12.9. The zero-order chi connectivity index (χ0) is 22.8. The minimum Gasteiger partial charge on any atom is -0.452 e. The Morgan fingerprint density at radius 1 is 0.781 bits per heavy atom. The highest BCUT2D eigenvalue weighted by molar-refractivity contribution is 8.13. The Hall–Kier alpha value is -2.89. The summed E-state index contributed by atoms with van der Waals surface area (Å²) in [5, 5.41) is -0.146. The zero-order valence-corrected chi connectivity index (χ0v) is 19.3. The molecule has 1 unspecified atom stereocenters. The first-order valence-electron chi connectivity index (χ1n) is 10.7. The normalized spacial score (nSPS) is 12.8. The standard InChI is InChI=1S/C27H29NO3S/c1-21(29)31-26(27(30)32-2)25(18-22-12-6-3-7-13-22)28(19-23-14-8-4-9-15-23)20-24-16-10-5-11-17-24/h3-17,25-26H,18-20H2,1-2H3/t25-,26?/m0/s1. The van der Waals surface area contributed by atoms with E-state index in [9.17, 15) is 9.59 Å². The van der Waals surface area contributed by atoms with E-state index in [1.807, 2.05) is 66.7 Å². The minimum absolute atomic E-state index is 0.146. The third-order valence-electron chi connectivity index (χ3n) is 5.29. The molecule has 3 aromatic carbocycles. The average molecular weight is 448 g/mol. The summed E-state index contributed by atoms with van der Waals surface area (Å²) >= 11 is 1.10. The minimum atomic E-state index is -0.866. The van der Waals surface area contributed by atoms with E-state index >= 15 is 0 Å². The van der Waals surface area contributed by atoms with Crippen molar-refractivity contribution in [1.82, 2.24) is 4.90 Å². The van der Waals surface area contributed by atoms with Crippen LogP contribution in [-0.2, 0) is 33.8 Å². The summed E-state index contributed by atoms with van der Waals surface area (Å²) < 4.78 is 5.64. The van der Waals surface area contributed by atoms with Crippen molar-refractivity contribution in [3.8, 4) is 0 Å². The monoisotopic (exact) mass is 447 g/mol. The second-order valence-electron chi connectivity index (χ2n) is 7.69. The molecule has 0 aliphatic rings. The van der Waals surface area contributed by atoms with Crippen LogP contribution in [0.15, 0.2) is 91.0 Å². The number of nitrogens with zero attached hydrogens (tertiary/aromatic N) is 1. The van der Waals surface area contributed by atoms with E-state index in [2.05, 4.69) is 29.2 Å². The van der Waals surface area contributed by atoms with Gasteiger partial charge in [0.15, 0.2) is 6.10 Å². The lowest BCUT2D eigenvalue weighted by atomic mass is 9.98. The quantitative estimate of drug-likeness (QED) is 0.404. The number of esters is 1. The van der Waals surface area contributed by atoms with Crippen molar-refractivity contribution in [3.63, 3.8) is 0 Å². The van der Waals surface area contributed by atoms with Gasteiger partial charge in [-0.05, 0) is 29.4 Å². The van der Waals surface area contributed by atoms with Gasteiger partial charge in [-0.3, -0.25) is 14.5 Å². The topological polar surface area (TPSA) is 46.6 Å². The van der Waals surface area contributed by atoms with Crippen molar-refractivity contribution in [2.45, 2.75) is 38.6 Å². The Labute approximate surface area is 194 Å². The molecule has 5 heteroatoms. The van der Waals surface area contributed by atoms with Gasteiger partial charge in [0.1, 0.15) is 0 Å². The van der Waals surface area contributed by atoms with E-state index < -0.39 is 12.1 Å². The highest BCUT2D eigenvalue weighted by Crippen LogP contribution is 2.23. The predicted molar refractivity (Wildman–Crippen MR) is 130 cm³/mol. The molecule has 0 aliphatic carbocycles. The number of rotatable bonds is 10. The average Bonchev–Trinajstić information content (AvgIpc) is 2.82. The van der Waals surface area contributed by atoms with Crippen LogP contribution in [0.4, 0.5) is 0 Å². The molecule has 0 aromatic heterocycles. The highest BCUT2D eigenvalue weighted by atomic mass is 32.2. The van der Waals surface area contributed by atoms with Gasteiger partial charge in [0, 0.05) is 20.0 Å². The number of thioether (sulfide) groups is 1.